The SMILES string of the molecule is COCC(C)N(C)S(=O)(=O)c1ccc(CBr)cc1. The van der Waals surface area contributed by atoms with Crippen LogP contribution < -0.4 is 0 Å². The quantitative estimate of drug-likeness (QED) is 0.749. The largest absolute Gasteiger partial charge is 0.383 e. The smallest absolute Gasteiger partial charge is 0.243 e. The van der Waals surface area contributed by atoms with Crippen molar-refractivity contribution in [1.82, 2.24) is 4.31 Å². The number of sulfonamides is 1. The van der Waals surface area contributed by atoms with Crippen LogP contribution in [0.5, 0.6) is 0 Å². The lowest BCUT2D eigenvalue weighted by atomic mass is 10.2. The number of hydrogen-bond donors (Lipinski definition) is 0. The predicted octanol–water partition coefficient (Wildman–Crippen LogP) is 2.24. The number of alkyl halides is 1. The molecule has 1 aromatic rings. The molecule has 0 aliphatic heterocycles. The van der Waals surface area contributed by atoms with Crippen LogP contribution in [0.3, 0.4) is 0 Å². The molecule has 1 unspecified atom stereocenters. The fourth-order valence-electron chi connectivity index (χ4n) is 1.50. The highest BCUT2D eigenvalue weighted by atomic mass is 79.9. The first kappa shape index (κ1) is 15.6. The van der Waals surface area contributed by atoms with Crippen molar-refractivity contribution in [2.45, 2.75) is 23.2 Å². The zero-order chi connectivity index (χ0) is 13.8. The highest BCUT2D eigenvalue weighted by Crippen LogP contribution is 2.18. The molecule has 1 rings (SSSR count). The minimum atomic E-state index is -3.45. The second kappa shape index (κ2) is 6.65. The molecular formula is C12H18BrNO3S. The van der Waals surface area contributed by atoms with Gasteiger partial charge in [-0.1, -0.05) is 28.1 Å². The Morgan fingerprint density at radius 1 is 1.33 bits per heavy atom. The molecule has 0 bridgehead atoms. The third-order valence-corrected chi connectivity index (χ3v) is 5.42. The summed E-state index contributed by atoms with van der Waals surface area (Å²) in [5.41, 5.74) is 1.04. The summed E-state index contributed by atoms with van der Waals surface area (Å²) in [5.74, 6) is 0. The summed E-state index contributed by atoms with van der Waals surface area (Å²) in [7, 11) is -0.323. The van der Waals surface area contributed by atoms with Gasteiger partial charge in [0.2, 0.25) is 10.0 Å². The van der Waals surface area contributed by atoms with E-state index in [0.717, 1.165) is 5.56 Å². The summed E-state index contributed by atoms with van der Waals surface area (Å²) in [4.78, 5) is 0.303. The Morgan fingerprint density at radius 2 is 1.89 bits per heavy atom. The average Bonchev–Trinajstić information content (AvgIpc) is 2.38. The summed E-state index contributed by atoms with van der Waals surface area (Å²) in [6, 6.07) is 6.66. The van der Waals surface area contributed by atoms with Gasteiger partial charge in [0.15, 0.2) is 0 Å². The Morgan fingerprint density at radius 3 is 2.33 bits per heavy atom. The number of likely N-dealkylation sites (N-methyl/N-ethyl adjacent to an activating group) is 1. The molecule has 0 radical (unpaired) electrons. The van der Waals surface area contributed by atoms with Gasteiger partial charge >= 0.3 is 0 Å². The van der Waals surface area contributed by atoms with Gasteiger partial charge in [0.1, 0.15) is 0 Å². The van der Waals surface area contributed by atoms with E-state index in [1.165, 1.54) is 4.31 Å². The van der Waals surface area contributed by atoms with E-state index in [0.29, 0.717) is 16.8 Å². The molecule has 0 N–H and O–H groups in total. The lowest BCUT2D eigenvalue weighted by molar-refractivity contribution is 0.149. The van der Waals surface area contributed by atoms with Gasteiger partial charge in [-0.05, 0) is 24.6 Å². The third-order valence-electron chi connectivity index (χ3n) is 2.78. The van der Waals surface area contributed by atoms with E-state index in [2.05, 4.69) is 15.9 Å². The van der Waals surface area contributed by atoms with Gasteiger partial charge < -0.3 is 4.74 Å². The molecule has 6 heteroatoms. The standard InChI is InChI=1S/C12H18BrNO3S/c1-10(9-17-3)14(2)18(15,16)12-6-4-11(8-13)5-7-12/h4-7,10H,8-9H2,1-3H3. The molecule has 4 nitrogen and oxygen atoms in total. The molecule has 0 saturated carbocycles. The van der Waals surface area contributed by atoms with E-state index >= 15 is 0 Å². The van der Waals surface area contributed by atoms with Crippen molar-refractivity contribution < 1.29 is 13.2 Å². The Labute approximate surface area is 117 Å². The molecule has 1 aromatic carbocycles. The lowest BCUT2D eigenvalue weighted by Crippen LogP contribution is -2.37. The minimum absolute atomic E-state index is 0.198. The zero-order valence-electron chi connectivity index (χ0n) is 10.8. The maximum Gasteiger partial charge on any atom is 0.243 e. The number of nitrogens with zero attached hydrogens (tertiary/aromatic N) is 1. The van der Waals surface area contributed by atoms with E-state index in [9.17, 15) is 8.42 Å². The van der Waals surface area contributed by atoms with Crippen molar-refractivity contribution in [3.05, 3.63) is 29.8 Å². The second-order valence-corrected chi connectivity index (χ2v) is 6.66. The van der Waals surface area contributed by atoms with E-state index in [1.54, 1.807) is 38.4 Å². The van der Waals surface area contributed by atoms with Crippen molar-refractivity contribution in [3.63, 3.8) is 0 Å². The Bertz CT molecular complexity index is 473. The first-order valence-corrected chi connectivity index (χ1v) is 8.11. The van der Waals surface area contributed by atoms with Crippen molar-refractivity contribution in [3.8, 4) is 0 Å². The average molecular weight is 336 g/mol. The van der Waals surface area contributed by atoms with Crippen molar-refractivity contribution >= 4 is 26.0 Å². The molecular weight excluding hydrogens is 318 g/mol. The highest BCUT2D eigenvalue weighted by Gasteiger charge is 2.25. The summed E-state index contributed by atoms with van der Waals surface area (Å²) in [6.45, 7) is 2.18. The summed E-state index contributed by atoms with van der Waals surface area (Å²) < 4.78 is 30.9. The molecule has 0 fully saturated rings. The Kier molecular flexibility index (Phi) is 5.78. The Balaban J connectivity index is 2.97. The van der Waals surface area contributed by atoms with E-state index in [4.69, 9.17) is 4.74 Å². The number of ether oxygens (including phenoxy) is 1. The predicted molar refractivity (Wildman–Crippen MR) is 75.4 cm³/mol. The summed E-state index contributed by atoms with van der Waals surface area (Å²) >= 11 is 3.33. The van der Waals surface area contributed by atoms with Crippen LogP contribution in [0.25, 0.3) is 0 Å². The van der Waals surface area contributed by atoms with Gasteiger partial charge in [-0.25, -0.2) is 8.42 Å². The van der Waals surface area contributed by atoms with Crippen LogP contribution in [-0.2, 0) is 20.1 Å². The molecule has 0 heterocycles. The van der Waals surface area contributed by atoms with Crippen LogP contribution in [0.15, 0.2) is 29.2 Å². The molecule has 0 aromatic heterocycles. The van der Waals surface area contributed by atoms with Crippen LogP contribution in [0.2, 0.25) is 0 Å². The number of hydrogen-bond acceptors (Lipinski definition) is 3. The first-order chi connectivity index (χ1) is 8.43. The number of halogens is 1. The maximum absolute atomic E-state index is 12.3. The monoisotopic (exact) mass is 335 g/mol. The van der Waals surface area contributed by atoms with Crippen LogP contribution in [0.4, 0.5) is 0 Å². The molecule has 0 saturated heterocycles. The minimum Gasteiger partial charge on any atom is -0.383 e. The van der Waals surface area contributed by atoms with Gasteiger partial charge in [0, 0.05) is 25.5 Å². The Hall–Kier alpha value is -0.430. The zero-order valence-corrected chi connectivity index (χ0v) is 13.2. The van der Waals surface area contributed by atoms with Gasteiger partial charge in [-0.2, -0.15) is 4.31 Å². The normalized spacial score (nSPS) is 13.8. The van der Waals surface area contributed by atoms with Crippen LogP contribution in [-0.4, -0.2) is 39.5 Å². The maximum atomic E-state index is 12.3. The molecule has 0 spiro atoms. The van der Waals surface area contributed by atoms with Crippen molar-refractivity contribution in [2.24, 2.45) is 0 Å². The third kappa shape index (κ3) is 3.54. The van der Waals surface area contributed by atoms with Gasteiger partial charge in [0.25, 0.3) is 0 Å². The van der Waals surface area contributed by atoms with Gasteiger partial charge in [-0.3, -0.25) is 0 Å². The van der Waals surface area contributed by atoms with E-state index in [-0.39, 0.29) is 6.04 Å². The fourth-order valence-corrected chi connectivity index (χ4v) is 3.22. The number of methoxy groups -OCH3 is 1. The molecule has 0 aliphatic carbocycles. The van der Waals surface area contributed by atoms with Crippen molar-refractivity contribution in [1.29, 1.82) is 0 Å². The molecule has 1 atom stereocenters. The molecule has 0 aliphatic rings. The molecule has 102 valence electrons. The first-order valence-electron chi connectivity index (χ1n) is 5.55. The van der Waals surface area contributed by atoms with Crippen LogP contribution >= 0.6 is 15.9 Å². The lowest BCUT2D eigenvalue weighted by Gasteiger charge is -2.23. The summed E-state index contributed by atoms with van der Waals surface area (Å²) in [6.07, 6.45) is 0. The summed E-state index contributed by atoms with van der Waals surface area (Å²) in [5, 5.41) is 0.712. The highest BCUT2D eigenvalue weighted by molar-refractivity contribution is 9.08. The van der Waals surface area contributed by atoms with Crippen LogP contribution in [0, 0.1) is 0 Å². The fraction of sp³-hybridized carbons (Fsp3) is 0.500. The molecule has 0 amide bonds. The molecule has 18 heavy (non-hydrogen) atoms. The van der Waals surface area contributed by atoms with Gasteiger partial charge in [0.05, 0.1) is 11.5 Å². The van der Waals surface area contributed by atoms with Crippen LogP contribution in [0.1, 0.15) is 12.5 Å². The van der Waals surface area contributed by atoms with Gasteiger partial charge in [-0.15, -0.1) is 0 Å². The topological polar surface area (TPSA) is 46.6 Å². The number of benzene rings is 1. The van der Waals surface area contributed by atoms with E-state index in [1.807, 2.05) is 6.92 Å². The van der Waals surface area contributed by atoms with E-state index < -0.39 is 10.0 Å². The van der Waals surface area contributed by atoms with Crippen molar-refractivity contribution in [2.75, 3.05) is 20.8 Å². The number of rotatable bonds is 6. The second-order valence-electron chi connectivity index (χ2n) is 4.10.